The Morgan fingerprint density at radius 2 is 1.74 bits per heavy atom. The molecule has 0 radical (unpaired) electrons. The van der Waals surface area contributed by atoms with Crippen LogP contribution in [0.25, 0.3) is 0 Å². The van der Waals surface area contributed by atoms with Gasteiger partial charge in [0.05, 0.1) is 0 Å². The summed E-state index contributed by atoms with van der Waals surface area (Å²) in [5, 5.41) is 23.3. The SMILES string of the molecule is CC1(C)[C@@H](C(=O)N[C@@H](Cc2ccc(OCc3c(Cl)cccc3Cl)cc2)C(=O)O)CC[C@@]1(C)CO. The van der Waals surface area contributed by atoms with Crippen LogP contribution in [0, 0.1) is 16.7 Å². The van der Waals surface area contributed by atoms with E-state index in [1.807, 2.05) is 20.8 Å². The van der Waals surface area contributed by atoms with Gasteiger partial charge in [0, 0.05) is 34.6 Å². The molecule has 0 saturated heterocycles. The molecule has 1 aliphatic rings. The van der Waals surface area contributed by atoms with Gasteiger partial charge in [-0.3, -0.25) is 4.79 Å². The van der Waals surface area contributed by atoms with Crippen LogP contribution in [0.5, 0.6) is 5.75 Å². The van der Waals surface area contributed by atoms with E-state index in [2.05, 4.69) is 5.32 Å². The van der Waals surface area contributed by atoms with Crippen molar-refractivity contribution in [3.63, 3.8) is 0 Å². The molecule has 0 heterocycles. The Morgan fingerprint density at radius 3 is 2.26 bits per heavy atom. The third kappa shape index (κ3) is 5.51. The first-order valence-electron chi connectivity index (χ1n) is 11.3. The second-order valence-electron chi connectivity index (χ2n) is 9.77. The molecule has 6 nitrogen and oxygen atoms in total. The maximum Gasteiger partial charge on any atom is 0.326 e. The zero-order valence-electron chi connectivity index (χ0n) is 19.6. The molecule has 0 aromatic heterocycles. The third-order valence-electron chi connectivity index (χ3n) is 7.50. The monoisotopic (exact) mass is 507 g/mol. The lowest BCUT2D eigenvalue weighted by Gasteiger charge is -2.40. The van der Waals surface area contributed by atoms with Gasteiger partial charge in [0.1, 0.15) is 18.4 Å². The number of benzene rings is 2. The Kier molecular flexibility index (Phi) is 8.17. The Hall–Kier alpha value is -2.28. The Balaban J connectivity index is 1.62. The first-order valence-corrected chi connectivity index (χ1v) is 12.0. The largest absolute Gasteiger partial charge is 0.489 e. The summed E-state index contributed by atoms with van der Waals surface area (Å²) >= 11 is 12.3. The van der Waals surface area contributed by atoms with Crippen molar-refractivity contribution in [2.24, 2.45) is 16.7 Å². The van der Waals surface area contributed by atoms with E-state index in [0.717, 1.165) is 5.56 Å². The fourth-order valence-electron chi connectivity index (χ4n) is 4.56. The number of carbonyl (C=O) groups is 2. The summed E-state index contributed by atoms with van der Waals surface area (Å²) in [5.41, 5.74) is 0.619. The van der Waals surface area contributed by atoms with Gasteiger partial charge in [-0.05, 0) is 53.5 Å². The predicted molar refractivity (Wildman–Crippen MR) is 132 cm³/mol. The van der Waals surface area contributed by atoms with Crippen LogP contribution in [0.1, 0.15) is 44.7 Å². The van der Waals surface area contributed by atoms with Crippen LogP contribution in [-0.4, -0.2) is 34.7 Å². The molecule has 3 N–H and O–H groups in total. The minimum atomic E-state index is -1.09. The minimum absolute atomic E-state index is 0.0107. The number of halogens is 2. The molecule has 184 valence electrons. The molecule has 1 fully saturated rings. The molecule has 3 atom stereocenters. The van der Waals surface area contributed by atoms with E-state index in [1.54, 1.807) is 42.5 Å². The molecule has 2 aromatic rings. The van der Waals surface area contributed by atoms with Crippen molar-refractivity contribution in [1.82, 2.24) is 5.32 Å². The maximum absolute atomic E-state index is 13.0. The van der Waals surface area contributed by atoms with E-state index < -0.39 is 17.4 Å². The normalized spacial score (nSPS) is 22.2. The van der Waals surface area contributed by atoms with Crippen LogP contribution < -0.4 is 10.1 Å². The maximum atomic E-state index is 13.0. The number of carboxylic acid groups (broad SMARTS) is 1. The average molecular weight is 508 g/mol. The first kappa shape index (κ1) is 26.3. The van der Waals surface area contributed by atoms with Gasteiger partial charge >= 0.3 is 5.97 Å². The van der Waals surface area contributed by atoms with Gasteiger partial charge in [-0.1, -0.05) is 62.2 Å². The molecule has 2 aromatic carbocycles. The van der Waals surface area contributed by atoms with Gasteiger partial charge in [0.15, 0.2) is 0 Å². The molecular formula is C26H31Cl2NO5. The summed E-state index contributed by atoms with van der Waals surface area (Å²) in [7, 11) is 0. The summed E-state index contributed by atoms with van der Waals surface area (Å²) in [6.45, 7) is 6.09. The van der Waals surface area contributed by atoms with Crippen LogP contribution in [0.15, 0.2) is 42.5 Å². The van der Waals surface area contributed by atoms with Crippen molar-refractivity contribution in [1.29, 1.82) is 0 Å². The van der Waals surface area contributed by atoms with Crippen molar-refractivity contribution in [2.75, 3.05) is 6.61 Å². The number of rotatable bonds is 9. The summed E-state index contributed by atoms with van der Waals surface area (Å²) in [6, 6.07) is 11.2. The lowest BCUT2D eigenvalue weighted by atomic mass is 9.66. The van der Waals surface area contributed by atoms with Gasteiger partial charge in [0.2, 0.25) is 5.91 Å². The highest BCUT2D eigenvalue weighted by Gasteiger charge is 2.53. The van der Waals surface area contributed by atoms with E-state index in [1.165, 1.54) is 0 Å². The number of ether oxygens (including phenoxy) is 1. The highest BCUT2D eigenvalue weighted by molar-refractivity contribution is 6.35. The van der Waals surface area contributed by atoms with Crippen LogP contribution in [0.4, 0.5) is 0 Å². The van der Waals surface area contributed by atoms with Crippen LogP contribution >= 0.6 is 23.2 Å². The van der Waals surface area contributed by atoms with Gasteiger partial charge in [0.25, 0.3) is 0 Å². The number of nitrogens with one attached hydrogen (secondary N) is 1. The van der Waals surface area contributed by atoms with Gasteiger partial charge in [-0.25, -0.2) is 4.79 Å². The molecule has 3 rings (SSSR count). The Bertz CT molecular complexity index is 1020. The average Bonchev–Trinajstić information content (AvgIpc) is 3.03. The molecule has 0 aliphatic heterocycles. The van der Waals surface area contributed by atoms with E-state index in [-0.39, 0.29) is 36.9 Å². The zero-order valence-corrected chi connectivity index (χ0v) is 21.1. The molecule has 1 amide bonds. The number of aliphatic carboxylic acids is 1. The van der Waals surface area contributed by atoms with Crippen molar-refractivity contribution in [2.45, 2.75) is 52.7 Å². The topological polar surface area (TPSA) is 95.9 Å². The number of aliphatic hydroxyl groups excluding tert-OH is 1. The van der Waals surface area contributed by atoms with E-state index in [4.69, 9.17) is 27.9 Å². The van der Waals surface area contributed by atoms with Crippen LogP contribution in [0.2, 0.25) is 10.0 Å². The highest BCUT2D eigenvalue weighted by Crippen LogP contribution is 2.55. The molecule has 8 heteroatoms. The fourth-order valence-corrected chi connectivity index (χ4v) is 5.07. The molecule has 0 unspecified atom stereocenters. The summed E-state index contributed by atoms with van der Waals surface area (Å²) in [5.74, 6) is -1.15. The quantitative estimate of drug-likeness (QED) is 0.437. The van der Waals surface area contributed by atoms with Crippen molar-refractivity contribution in [3.05, 3.63) is 63.6 Å². The number of amides is 1. The van der Waals surface area contributed by atoms with Gasteiger partial charge < -0.3 is 20.3 Å². The van der Waals surface area contributed by atoms with E-state index >= 15 is 0 Å². The first-order chi connectivity index (χ1) is 16.0. The van der Waals surface area contributed by atoms with E-state index in [0.29, 0.717) is 34.2 Å². The van der Waals surface area contributed by atoms with Gasteiger partial charge in [-0.15, -0.1) is 0 Å². The number of hydrogen-bond acceptors (Lipinski definition) is 4. The van der Waals surface area contributed by atoms with Crippen molar-refractivity contribution in [3.8, 4) is 5.75 Å². The second-order valence-corrected chi connectivity index (χ2v) is 10.6. The second kappa shape index (κ2) is 10.5. The standard InChI is InChI=1S/C26H31Cl2NO5/c1-25(2)19(11-12-26(25,3)15-30)23(31)29-22(24(32)33)13-16-7-9-17(10-8-16)34-14-18-20(27)5-4-6-21(18)28/h4-10,19,22,30H,11-15H2,1-3H3,(H,29,31)(H,32,33)/t19-,22+,26+/m1/s1. The summed E-state index contributed by atoms with van der Waals surface area (Å²) in [6.07, 6.45) is 1.47. The lowest BCUT2D eigenvalue weighted by Crippen LogP contribution is -2.49. The molecule has 0 spiro atoms. The van der Waals surface area contributed by atoms with Crippen molar-refractivity contribution < 1.29 is 24.5 Å². The zero-order chi connectivity index (χ0) is 25.1. The molecule has 1 aliphatic carbocycles. The highest BCUT2D eigenvalue weighted by atomic mass is 35.5. The fraction of sp³-hybridized carbons (Fsp3) is 0.462. The van der Waals surface area contributed by atoms with Crippen LogP contribution in [0.3, 0.4) is 0 Å². The molecule has 1 saturated carbocycles. The Morgan fingerprint density at radius 1 is 1.12 bits per heavy atom. The number of aliphatic hydroxyl groups is 1. The molecular weight excluding hydrogens is 477 g/mol. The molecule has 34 heavy (non-hydrogen) atoms. The summed E-state index contributed by atoms with van der Waals surface area (Å²) in [4.78, 5) is 24.9. The Labute approximate surface area is 210 Å². The summed E-state index contributed by atoms with van der Waals surface area (Å²) < 4.78 is 5.77. The van der Waals surface area contributed by atoms with Gasteiger partial charge in [-0.2, -0.15) is 0 Å². The van der Waals surface area contributed by atoms with Crippen LogP contribution in [-0.2, 0) is 22.6 Å². The molecule has 0 bridgehead atoms. The smallest absolute Gasteiger partial charge is 0.326 e. The van der Waals surface area contributed by atoms with Crippen molar-refractivity contribution >= 4 is 35.1 Å². The number of carbonyl (C=O) groups excluding carboxylic acids is 1. The number of hydrogen-bond donors (Lipinski definition) is 3. The third-order valence-corrected chi connectivity index (χ3v) is 8.21. The van der Waals surface area contributed by atoms with E-state index in [9.17, 15) is 19.8 Å². The number of carboxylic acids is 1. The predicted octanol–water partition coefficient (Wildman–Crippen LogP) is 5.12. The lowest BCUT2D eigenvalue weighted by molar-refractivity contribution is -0.143. The minimum Gasteiger partial charge on any atom is -0.489 e.